The molecule has 3 rings (SSSR count). The van der Waals surface area contributed by atoms with Gasteiger partial charge < -0.3 is 5.32 Å². The molecule has 0 unspecified atom stereocenters. The highest BCUT2D eigenvalue weighted by atomic mass is 15.6. The summed E-state index contributed by atoms with van der Waals surface area (Å²) in [5.74, 6) is 2.42. The molecule has 6 heteroatoms. The second-order valence-electron chi connectivity index (χ2n) is 6.16. The molecule has 2 aromatic heterocycles. The maximum absolute atomic E-state index is 4.40. The van der Waals surface area contributed by atoms with Gasteiger partial charge in [-0.05, 0) is 53.7 Å². The Bertz CT molecular complexity index is 564. The number of aromatic nitrogens is 5. The van der Waals surface area contributed by atoms with Gasteiger partial charge in [0.05, 0.1) is 0 Å². The minimum absolute atomic E-state index is 0.537. The van der Waals surface area contributed by atoms with E-state index in [1.807, 2.05) is 12.1 Å². The Balaban J connectivity index is 1.66. The van der Waals surface area contributed by atoms with Gasteiger partial charge in [0.15, 0.2) is 5.65 Å². The summed E-state index contributed by atoms with van der Waals surface area (Å²) in [6.07, 6.45) is 6.49. The smallest absolute Gasteiger partial charge is 0.200 e. The van der Waals surface area contributed by atoms with E-state index in [4.69, 9.17) is 0 Å². The van der Waals surface area contributed by atoms with E-state index in [2.05, 4.69) is 39.8 Å². The fourth-order valence-corrected chi connectivity index (χ4v) is 3.04. The van der Waals surface area contributed by atoms with Crippen molar-refractivity contribution in [2.75, 3.05) is 5.32 Å². The summed E-state index contributed by atoms with van der Waals surface area (Å²) in [6, 6.07) is 4.40. The Morgan fingerprint density at radius 2 is 2.25 bits per heavy atom. The van der Waals surface area contributed by atoms with Crippen molar-refractivity contribution in [1.29, 1.82) is 0 Å². The summed E-state index contributed by atoms with van der Waals surface area (Å²) in [5, 5.41) is 19.3. The first-order valence-corrected chi connectivity index (χ1v) is 7.54. The van der Waals surface area contributed by atoms with Crippen LogP contribution in [0.4, 0.5) is 5.82 Å². The average molecular weight is 274 g/mol. The van der Waals surface area contributed by atoms with Crippen LogP contribution in [0.15, 0.2) is 12.1 Å². The monoisotopic (exact) mass is 274 g/mol. The lowest BCUT2D eigenvalue weighted by atomic mass is 9.94. The molecule has 0 aromatic carbocycles. The van der Waals surface area contributed by atoms with Crippen molar-refractivity contribution in [3.8, 4) is 0 Å². The maximum atomic E-state index is 4.40. The number of nitrogens with one attached hydrogen (secondary N) is 1. The van der Waals surface area contributed by atoms with Crippen LogP contribution in [0.3, 0.4) is 0 Å². The van der Waals surface area contributed by atoms with Crippen LogP contribution >= 0.6 is 0 Å². The molecule has 20 heavy (non-hydrogen) atoms. The summed E-state index contributed by atoms with van der Waals surface area (Å²) in [5.41, 5.74) is 0.679. The number of nitrogens with zero attached hydrogens (tertiary/aromatic N) is 5. The summed E-state index contributed by atoms with van der Waals surface area (Å²) in [6.45, 7) is 4.59. The van der Waals surface area contributed by atoms with Gasteiger partial charge in [-0.3, -0.25) is 0 Å². The van der Waals surface area contributed by atoms with Gasteiger partial charge in [-0.25, -0.2) is 0 Å². The van der Waals surface area contributed by atoms with Crippen LogP contribution in [-0.2, 0) is 0 Å². The predicted octanol–water partition coefficient (Wildman–Crippen LogP) is 2.54. The molecule has 0 bridgehead atoms. The lowest BCUT2D eigenvalue weighted by Gasteiger charge is -2.22. The highest BCUT2D eigenvalue weighted by molar-refractivity contribution is 5.42. The lowest BCUT2D eigenvalue weighted by molar-refractivity contribution is 0.410. The number of rotatable bonds is 5. The number of fused-ring (bicyclic) bond motifs is 1. The van der Waals surface area contributed by atoms with E-state index in [-0.39, 0.29) is 0 Å². The fraction of sp³-hybridized carbons (Fsp3) is 0.714. The first-order chi connectivity index (χ1) is 9.72. The molecule has 0 aliphatic heterocycles. The van der Waals surface area contributed by atoms with Crippen molar-refractivity contribution in [3.63, 3.8) is 0 Å². The molecule has 2 atom stereocenters. The predicted molar refractivity (Wildman–Crippen MR) is 77.4 cm³/mol. The molecule has 0 amide bonds. The Kier molecular flexibility index (Phi) is 3.80. The Hall–Kier alpha value is -1.72. The summed E-state index contributed by atoms with van der Waals surface area (Å²) in [4.78, 5) is 0. The van der Waals surface area contributed by atoms with Crippen LogP contribution < -0.4 is 5.32 Å². The highest BCUT2D eigenvalue weighted by Crippen LogP contribution is 2.32. The molecule has 2 aromatic rings. The van der Waals surface area contributed by atoms with E-state index < -0.39 is 0 Å². The van der Waals surface area contributed by atoms with Gasteiger partial charge in [-0.2, -0.15) is 0 Å². The van der Waals surface area contributed by atoms with Crippen LogP contribution in [0.25, 0.3) is 5.65 Å². The zero-order valence-corrected chi connectivity index (χ0v) is 12.2. The fourth-order valence-electron chi connectivity index (χ4n) is 3.04. The quantitative estimate of drug-likeness (QED) is 0.907. The molecule has 1 aliphatic rings. The molecule has 0 saturated heterocycles. The van der Waals surface area contributed by atoms with E-state index in [1.165, 1.54) is 36.7 Å². The molecule has 6 nitrogen and oxygen atoms in total. The van der Waals surface area contributed by atoms with Gasteiger partial charge in [0.2, 0.25) is 0 Å². The van der Waals surface area contributed by atoms with Crippen molar-refractivity contribution < 1.29 is 0 Å². The molecule has 1 aliphatic carbocycles. The van der Waals surface area contributed by atoms with Crippen molar-refractivity contribution in [3.05, 3.63) is 12.1 Å². The topological polar surface area (TPSA) is 68.0 Å². The zero-order chi connectivity index (χ0) is 13.9. The van der Waals surface area contributed by atoms with E-state index in [9.17, 15) is 0 Å². The zero-order valence-electron chi connectivity index (χ0n) is 12.2. The first-order valence-electron chi connectivity index (χ1n) is 7.54. The Labute approximate surface area is 118 Å². The normalized spacial score (nSPS) is 22.8. The lowest BCUT2D eigenvalue weighted by Crippen LogP contribution is -2.25. The largest absolute Gasteiger partial charge is 0.366 e. The maximum Gasteiger partial charge on any atom is 0.200 e. The molecule has 0 radical (unpaired) electrons. The number of hydrogen-bond donors (Lipinski definition) is 1. The molecular weight excluding hydrogens is 252 g/mol. The second kappa shape index (κ2) is 5.73. The SMILES string of the molecule is CC(C)CC[C@H]1CCC[C@@H]1Nc1ccc2nnnn2n1. The first kappa shape index (κ1) is 13.3. The van der Waals surface area contributed by atoms with Crippen molar-refractivity contribution in [2.45, 2.75) is 52.0 Å². The van der Waals surface area contributed by atoms with Gasteiger partial charge >= 0.3 is 0 Å². The molecule has 2 heterocycles. The number of tetrazole rings is 1. The van der Waals surface area contributed by atoms with Crippen molar-refractivity contribution in [2.24, 2.45) is 11.8 Å². The van der Waals surface area contributed by atoms with Crippen LogP contribution in [0.5, 0.6) is 0 Å². The average Bonchev–Trinajstić information content (AvgIpc) is 3.04. The Morgan fingerprint density at radius 3 is 3.10 bits per heavy atom. The van der Waals surface area contributed by atoms with Crippen LogP contribution in [0.1, 0.15) is 46.0 Å². The third-order valence-corrected chi connectivity index (χ3v) is 4.18. The van der Waals surface area contributed by atoms with Crippen molar-refractivity contribution >= 4 is 11.5 Å². The van der Waals surface area contributed by atoms with Gasteiger partial charge in [-0.1, -0.05) is 26.7 Å². The van der Waals surface area contributed by atoms with E-state index >= 15 is 0 Å². The van der Waals surface area contributed by atoms with E-state index in [1.54, 1.807) is 0 Å². The van der Waals surface area contributed by atoms with E-state index in [0.29, 0.717) is 11.7 Å². The van der Waals surface area contributed by atoms with Gasteiger partial charge in [0.1, 0.15) is 5.82 Å². The number of anilines is 1. The minimum Gasteiger partial charge on any atom is -0.366 e. The molecule has 1 saturated carbocycles. The Morgan fingerprint density at radius 1 is 1.35 bits per heavy atom. The van der Waals surface area contributed by atoms with Crippen LogP contribution in [0, 0.1) is 11.8 Å². The van der Waals surface area contributed by atoms with Crippen molar-refractivity contribution in [1.82, 2.24) is 25.3 Å². The summed E-state index contributed by atoms with van der Waals surface area (Å²) < 4.78 is 1.47. The molecule has 1 fully saturated rings. The van der Waals surface area contributed by atoms with Gasteiger partial charge in [0, 0.05) is 6.04 Å². The summed E-state index contributed by atoms with van der Waals surface area (Å²) >= 11 is 0. The molecule has 108 valence electrons. The molecule has 1 N–H and O–H groups in total. The number of hydrogen-bond acceptors (Lipinski definition) is 5. The summed E-state index contributed by atoms with van der Waals surface area (Å²) in [7, 11) is 0. The van der Waals surface area contributed by atoms with Crippen LogP contribution in [-0.4, -0.2) is 31.3 Å². The minimum atomic E-state index is 0.537. The molecular formula is C14H22N6. The second-order valence-corrected chi connectivity index (χ2v) is 6.16. The van der Waals surface area contributed by atoms with Gasteiger partial charge in [-0.15, -0.1) is 14.8 Å². The van der Waals surface area contributed by atoms with E-state index in [0.717, 1.165) is 17.7 Å². The molecule has 0 spiro atoms. The van der Waals surface area contributed by atoms with Gasteiger partial charge in [0.25, 0.3) is 0 Å². The van der Waals surface area contributed by atoms with Crippen LogP contribution in [0.2, 0.25) is 0 Å². The standard InChI is InChI=1S/C14H22N6/c1-10(2)6-7-11-4-3-5-12(11)15-13-8-9-14-16-18-19-20(14)17-13/h8-12H,3-7H2,1-2H3,(H,15,17)/t11-,12+/m1/s1. The third-order valence-electron chi connectivity index (χ3n) is 4.18. The third kappa shape index (κ3) is 2.89. The highest BCUT2D eigenvalue weighted by Gasteiger charge is 2.27.